The van der Waals surface area contributed by atoms with Gasteiger partial charge in [-0.05, 0) is 58.2 Å². The Labute approximate surface area is 177 Å². The summed E-state index contributed by atoms with van der Waals surface area (Å²) in [6.45, 7) is 7.71. The van der Waals surface area contributed by atoms with Gasteiger partial charge in [0.05, 0.1) is 5.92 Å². The second-order valence-corrected chi connectivity index (χ2v) is 9.02. The third-order valence-corrected chi connectivity index (χ3v) is 5.50. The molecule has 160 valence electrons. The summed E-state index contributed by atoms with van der Waals surface area (Å²) < 4.78 is 11.0. The first-order valence-corrected chi connectivity index (χ1v) is 10.1. The molecule has 1 heterocycles. The van der Waals surface area contributed by atoms with Crippen LogP contribution in [-0.2, 0) is 16.1 Å². The highest BCUT2D eigenvalue weighted by Crippen LogP contribution is 2.40. The van der Waals surface area contributed by atoms with Gasteiger partial charge >= 0.3 is 11.9 Å². The number of hydrogen-bond acceptors (Lipinski definition) is 6. The summed E-state index contributed by atoms with van der Waals surface area (Å²) in [5.41, 5.74) is -0.0560. The molecule has 1 saturated heterocycles. The lowest BCUT2D eigenvalue weighted by Gasteiger charge is -2.50. The number of esters is 2. The minimum Gasteiger partial charge on any atom is -0.457 e. The molecular weight excluding hydrogens is 382 g/mol. The van der Waals surface area contributed by atoms with Crippen LogP contribution in [0.4, 0.5) is 0 Å². The van der Waals surface area contributed by atoms with Crippen LogP contribution in [0.15, 0.2) is 54.6 Å². The van der Waals surface area contributed by atoms with Crippen molar-refractivity contribution < 1.29 is 24.3 Å². The van der Waals surface area contributed by atoms with E-state index in [1.165, 1.54) is 5.06 Å². The third-order valence-electron chi connectivity index (χ3n) is 5.50. The molecule has 0 aromatic heterocycles. The first kappa shape index (κ1) is 22.0. The monoisotopic (exact) mass is 411 g/mol. The maximum Gasteiger partial charge on any atom is 0.342 e. The van der Waals surface area contributed by atoms with Crippen molar-refractivity contribution in [3.8, 4) is 5.75 Å². The van der Waals surface area contributed by atoms with Gasteiger partial charge in [-0.3, -0.25) is 4.79 Å². The molecule has 0 spiro atoms. The van der Waals surface area contributed by atoms with Crippen LogP contribution in [-0.4, -0.2) is 33.3 Å². The molecule has 0 bridgehead atoms. The Morgan fingerprint density at radius 1 is 0.967 bits per heavy atom. The fourth-order valence-corrected chi connectivity index (χ4v) is 4.15. The number of carbonyl (C=O) groups is 2. The van der Waals surface area contributed by atoms with Gasteiger partial charge in [0.25, 0.3) is 0 Å². The van der Waals surface area contributed by atoms with Gasteiger partial charge in [-0.1, -0.05) is 42.5 Å². The molecule has 3 rings (SSSR count). The lowest BCUT2D eigenvalue weighted by Crippen LogP contribution is -2.60. The Morgan fingerprint density at radius 2 is 1.53 bits per heavy atom. The highest BCUT2D eigenvalue weighted by molar-refractivity contribution is 5.93. The van der Waals surface area contributed by atoms with E-state index >= 15 is 0 Å². The number of para-hydroxylation sites is 1. The van der Waals surface area contributed by atoms with Gasteiger partial charge in [0, 0.05) is 11.1 Å². The Balaban J connectivity index is 1.71. The normalized spacial score (nSPS) is 18.6. The molecule has 6 heteroatoms. The molecule has 0 unspecified atom stereocenters. The molecule has 0 radical (unpaired) electrons. The van der Waals surface area contributed by atoms with E-state index in [2.05, 4.69) is 0 Å². The molecule has 0 saturated carbocycles. The molecule has 1 fully saturated rings. The van der Waals surface area contributed by atoms with Crippen LogP contribution in [0.5, 0.6) is 5.75 Å². The fraction of sp³-hybridized carbons (Fsp3) is 0.417. The summed E-state index contributed by atoms with van der Waals surface area (Å²) in [6.07, 6.45) is 0.902. The van der Waals surface area contributed by atoms with Crippen LogP contribution in [0, 0.1) is 5.92 Å². The lowest BCUT2D eigenvalue weighted by molar-refractivity contribution is -0.251. The van der Waals surface area contributed by atoms with Crippen LogP contribution in [0.2, 0.25) is 0 Å². The largest absolute Gasteiger partial charge is 0.457 e. The van der Waals surface area contributed by atoms with Gasteiger partial charge in [-0.25, -0.2) is 4.79 Å². The molecule has 1 aliphatic rings. The Morgan fingerprint density at radius 3 is 2.17 bits per heavy atom. The van der Waals surface area contributed by atoms with Crippen LogP contribution >= 0.6 is 0 Å². The average Bonchev–Trinajstić information content (AvgIpc) is 2.71. The molecule has 6 nitrogen and oxygen atoms in total. The van der Waals surface area contributed by atoms with Crippen molar-refractivity contribution in [3.05, 3.63) is 65.7 Å². The second kappa shape index (κ2) is 8.58. The second-order valence-electron chi connectivity index (χ2n) is 9.02. The van der Waals surface area contributed by atoms with E-state index in [-0.39, 0.29) is 17.9 Å². The van der Waals surface area contributed by atoms with E-state index in [1.807, 2.05) is 58.0 Å². The van der Waals surface area contributed by atoms with Crippen molar-refractivity contribution in [3.63, 3.8) is 0 Å². The average molecular weight is 411 g/mol. The van der Waals surface area contributed by atoms with Gasteiger partial charge in [0.1, 0.15) is 17.9 Å². The first-order valence-electron chi connectivity index (χ1n) is 10.1. The molecular formula is C24H29NO5. The number of hydroxylamine groups is 2. The van der Waals surface area contributed by atoms with E-state index in [1.54, 1.807) is 24.3 Å². The predicted molar refractivity (Wildman–Crippen MR) is 112 cm³/mol. The minimum atomic E-state index is -0.570. The summed E-state index contributed by atoms with van der Waals surface area (Å²) in [5.74, 6) is -1.17. The molecule has 2 aromatic carbocycles. The summed E-state index contributed by atoms with van der Waals surface area (Å²) in [4.78, 5) is 25.5. The van der Waals surface area contributed by atoms with Crippen LogP contribution < -0.4 is 4.74 Å². The van der Waals surface area contributed by atoms with Crippen molar-refractivity contribution in [2.75, 3.05) is 0 Å². The van der Waals surface area contributed by atoms with E-state index in [0.29, 0.717) is 12.8 Å². The molecule has 0 amide bonds. The van der Waals surface area contributed by atoms with E-state index in [4.69, 9.17) is 9.47 Å². The van der Waals surface area contributed by atoms with Gasteiger partial charge in [0.2, 0.25) is 0 Å². The van der Waals surface area contributed by atoms with Crippen molar-refractivity contribution in [1.29, 1.82) is 0 Å². The number of ether oxygens (including phenoxy) is 2. The quantitative estimate of drug-likeness (QED) is 0.572. The standard InChI is InChI=1S/C24H29NO5/c1-23(2)14-18(15-24(3,4)25(23)28)21(26)30-20-13-9-8-12-19(20)22(27)29-16-17-10-6-5-7-11-17/h5-13,18,28H,14-16H2,1-4H3. The zero-order chi connectivity index (χ0) is 21.9. The summed E-state index contributed by atoms with van der Waals surface area (Å²) in [7, 11) is 0. The molecule has 0 aliphatic carbocycles. The SMILES string of the molecule is CC1(C)CC(C(=O)Oc2ccccc2C(=O)OCc2ccccc2)CC(C)(C)N1O. The maximum absolute atomic E-state index is 12.9. The highest BCUT2D eigenvalue weighted by atomic mass is 16.5. The van der Waals surface area contributed by atoms with E-state index < -0.39 is 28.9 Å². The van der Waals surface area contributed by atoms with Crippen LogP contribution in [0.1, 0.15) is 56.5 Å². The Hall–Kier alpha value is -2.70. The van der Waals surface area contributed by atoms with Crippen molar-refractivity contribution in [1.82, 2.24) is 5.06 Å². The van der Waals surface area contributed by atoms with E-state index in [0.717, 1.165) is 5.56 Å². The topological polar surface area (TPSA) is 76.1 Å². The fourth-order valence-electron chi connectivity index (χ4n) is 4.15. The Bertz CT molecular complexity index is 889. The zero-order valence-electron chi connectivity index (χ0n) is 17.9. The van der Waals surface area contributed by atoms with Crippen molar-refractivity contribution in [2.45, 2.75) is 58.2 Å². The zero-order valence-corrected chi connectivity index (χ0v) is 17.9. The number of hydrogen-bond donors (Lipinski definition) is 1. The number of piperidine rings is 1. The number of benzene rings is 2. The summed E-state index contributed by atoms with van der Waals surface area (Å²) in [6, 6.07) is 16.0. The summed E-state index contributed by atoms with van der Waals surface area (Å²) >= 11 is 0. The first-order chi connectivity index (χ1) is 14.1. The van der Waals surface area contributed by atoms with Gasteiger partial charge < -0.3 is 14.7 Å². The van der Waals surface area contributed by atoms with Gasteiger partial charge in [0.15, 0.2) is 0 Å². The number of rotatable bonds is 5. The molecule has 2 aromatic rings. The minimum absolute atomic E-state index is 0.138. The molecule has 1 aliphatic heterocycles. The van der Waals surface area contributed by atoms with Crippen molar-refractivity contribution in [2.24, 2.45) is 5.92 Å². The smallest absolute Gasteiger partial charge is 0.342 e. The van der Waals surface area contributed by atoms with Gasteiger partial charge in [-0.15, -0.1) is 0 Å². The predicted octanol–water partition coefficient (Wildman–Crippen LogP) is 4.61. The van der Waals surface area contributed by atoms with E-state index in [9.17, 15) is 14.8 Å². The van der Waals surface area contributed by atoms with Crippen molar-refractivity contribution >= 4 is 11.9 Å². The molecule has 1 N–H and O–H groups in total. The number of carbonyl (C=O) groups excluding carboxylic acids is 2. The lowest BCUT2D eigenvalue weighted by atomic mass is 9.75. The number of nitrogens with zero attached hydrogens (tertiary/aromatic N) is 1. The highest BCUT2D eigenvalue weighted by Gasteiger charge is 2.47. The van der Waals surface area contributed by atoms with Crippen LogP contribution in [0.3, 0.4) is 0 Å². The molecule has 30 heavy (non-hydrogen) atoms. The molecule has 0 atom stereocenters. The third kappa shape index (κ3) is 4.89. The summed E-state index contributed by atoms with van der Waals surface area (Å²) in [5, 5.41) is 11.8. The Kier molecular flexibility index (Phi) is 6.29. The van der Waals surface area contributed by atoms with Gasteiger partial charge in [-0.2, -0.15) is 5.06 Å². The maximum atomic E-state index is 12.9. The van der Waals surface area contributed by atoms with Crippen LogP contribution in [0.25, 0.3) is 0 Å².